The second-order valence-electron chi connectivity index (χ2n) is 3.85. The van der Waals surface area contributed by atoms with Crippen LogP contribution in [0.3, 0.4) is 0 Å². The summed E-state index contributed by atoms with van der Waals surface area (Å²) in [5.41, 5.74) is 0.298. The number of hydrogen-bond donors (Lipinski definition) is 0. The molecule has 0 spiro atoms. The van der Waals surface area contributed by atoms with Gasteiger partial charge in [-0.05, 0) is 23.7 Å². The second kappa shape index (κ2) is 6.81. The van der Waals surface area contributed by atoms with E-state index in [2.05, 4.69) is 9.47 Å². The zero-order valence-corrected chi connectivity index (χ0v) is 12.7. The third-order valence-electron chi connectivity index (χ3n) is 2.06. The molecule has 0 heterocycles. The predicted molar refractivity (Wildman–Crippen MR) is 65.3 cm³/mol. The van der Waals surface area contributed by atoms with Crippen molar-refractivity contribution in [3.63, 3.8) is 0 Å². The maximum absolute atomic E-state index is 13.2. The third kappa shape index (κ3) is 5.82. The predicted octanol–water partition coefficient (Wildman–Crippen LogP) is 4.83. The Morgan fingerprint density at radius 1 is 0.955 bits per heavy atom. The first-order chi connectivity index (χ1) is 9.82. The van der Waals surface area contributed by atoms with E-state index in [4.69, 9.17) is 22.2 Å². The summed E-state index contributed by atoms with van der Waals surface area (Å²) in [6.07, 6.45) is -17.4. The van der Waals surface area contributed by atoms with Gasteiger partial charge < -0.3 is 4.74 Å². The van der Waals surface area contributed by atoms with E-state index >= 15 is 0 Å². The van der Waals surface area contributed by atoms with Gasteiger partial charge in [0, 0.05) is 0 Å². The standard InChI is InChI=1S/C10H6Cl2F7O2Si/c11-22(12)5-6-2-1-3-7(4-6)20-8(13,14)9(15,16)21-10(17,18)19/h1-4H,5H2. The largest absolute Gasteiger partial charge is 0.527 e. The molecule has 22 heavy (non-hydrogen) atoms. The average molecular weight is 390 g/mol. The molecular weight excluding hydrogens is 384 g/mol. The molecule has 0 bridgehead atoms. The molecule has 1 aromatic rings. The first-order valence-electron chi connectivity index (χ1n) is 5.30. The summed E-state index contributed by atoms with van der Waals surface area (Å²) >= 11 is 11.1. The highest BCUT2D eigenvalue weighted by molar-refractivity contribution is 7.33. The molecule has 0 amide bonds. The molecule has 0 aliphatic carbocycles. The number of benzene rings is 1. The van der Waals surface area contributed by atoms with Crippen LogP contribution in [0.4, 0.5) is 30.7 Å². The lowest BCUT2D eigenvalue weighted by atomic mass is 10.2. The summed E-state index contributed by atoms with van der Waals surface area (Å²) in [7, 11) is -1.82. The molecule has 0 aliphatic heterocycles. The van der Waals surface area contributed by atoms with Crippen molar-refractivity contribution in [3.8, 4) is 5.75 Å². The van der Waals surface area contributed by atoms with Crippen LogP contribution in [-0.2, 0) is 10.8 Å². The van der Waals surface area contributed by atoms with Gasteiger partial charge in [-0.3, -0.25) is 0 Å². The van der Waals surface area contributed by atoms with Crippen LogP contribution < -0.4 is 4.74 Å². The molecule has 0 N–H and O–H groups in total. The molecule has 0 unspecified atom stereocenters. The Morgan fingerprint density at radius 3 is 2.05 bits per heavy atom. The van der Waals surface area contributed by atoms with Gasteiger partial charge in [0.05, 0.1) is 0 Å². The van der Waals surface area contributed by atoms with Crippen molar-refractivity contribution in [2.75, 3.05) is 0 Å². The highest BCUT2D eigenvalue weighted by Crippen LogP contribution is 2.41. The fraction of sp³-hybridized carbons (Fsp3) is 0.400. The van der Waals surface area contributed by atoms with Crippen molar-refractivity contribution in [1.82, 2.24) is 0 Å². The normalized spacial score (nSPS) is 13.5. The lowest BCUT2D eigenvalue weighted by molar-refractivity contribution is -0.492. The summed E-state index contributed by atoms with van der Waals surface area (Å²) in [6, 6.07) is 4.43. The van der Waals surface area contributed by atoms with E-state index in [9.17, 15) is 30.7 Å². The Kier molecular flexibility index (Phi) is 5.99. The van der Waals surface area contributed by atoms with Gasteiger partial charge in [0.2, 0.25) is 0 Å². The van der Waals surface area contributed by atoms with Crippen LogP contribution in [0, 0.1) is 0 Å². The Hall–Kier alpha value is -0.713. The molecule has 0 saturated heterocycles. The number of hydrogen-bond acceptors (Lipinski definition) is 2. The lowest BCUT2D eigenvalue weighted by Gasteiger charge is -2.26. The molecule has 0 fully saturated rings. The first kappa shape index (κ1) is 19.3. The molecule has 2 nitrogen and oxygen atoms in total. The Morgan fingerprint density at radius 2 is 1.55 bits per heavy atom. The van der Waals surface area contributed by atoms with Crippen LogP contribution in [0.2, 0.25) is 0 Å². The molecule has 0 saturated carbocycles. The number of halogens is 9. The molecule has 1 aromatic carbocycles. The van der Waals surface area contributed by atoms with Crippen molar-refractivity contribution in [2.45, 2.75) is 24.6 Å². The highest BCUT2D eigenvalue weighted by atomic mass is 35.7. The second-order valence-corrected chi connectivity index (χ2v) is 8.20. The smallest absolute Gasteiger partial charge is 0.426 e. The van der Waals surface area contributed by atoms with E-state index in [1.165, 1.54) is 12.1 Å². The molecule has 1 rings (SSSR count). The van der Waals surface area contributed by atoms with Crippen molar-refractivity contribution >= 4 is 29.6 Å². The van der Waals surface area contributed by atoms with Gasteiger partial charge in [-0.25, -0.2) is 4.74 Å². The van der Waals surface area contributed by atoms with Crippen LogP contribution >= 0.6 is 22.2 Å². The molecular formula is C10H6Cl2F7O2Si. The Labute approximate surface area is 130 Å². The minimum atomic E-state index is -5.97. The first-order valence-corrected chi connectivity index (χ1v) is 9.03. The molecule has 12 heteroatoms. The number of rotatable bonds is 6. The summed E-state index contributed by atoms with van der Waals surface area (Å²) < 4.78 is 92.9. The molecule has 0 aromatic heterocycles. The van der Waals surface area contributed by atoms with Crippen molar-refractivity contribution in [2.24, 2.45) is 0 Å². The van der Waals surface area contributed by atoms with Gasteiger partial charge in [-0.15, -0.1) is 35.3 Å². The zero-order chi connectivity index (χ0) is 17.2. The lowest BCUT2D eigenvalue weighted by Crippen LogP contribution is -2.49. The van der Waals surface area contributed by atoms with Crippen LogP contribution in [0.5, 0.6) is 5.75 Å². The van der Waals surface area contributed by atoms with Gasteiger partial charge in [-0.1, -0.05) is 12.1 Å². The van der Waals surface area contributed by atoms with Gasteiger partial charge >= 0.3 is 18.6 Å². The van der Waals surface area contributed by atoms with E-state index in [0.29, 0.717) is 5.56 Å². The Bertz CT molecular complexity index is 510. The van der Waals surface area contributed by atoms with E-state index < -0.39 is 31.7 Å². The monoisotopic (exact) mass is 389 g/mol. The van der Waals surface area contributed by atoms with Gasteiger partial charge in [0.25, 0.3) is 7.42 Å². The quantitative estimate of drug-likeness (QED) is 0.394. The zero-order valence-electron chi connectivity index (χ0n) is 10.2. The summed E-state index contributed by atoms with van der Waals surface area (Å²) in [4.78, 5) is 0. The summed E-state index contributed by atoms with van der Waals surface area (Å²) in [6.45, 7) is 0. The van der Waals surface area contributed by atoms with Gasteiger partial charge in [-0.2, -0.15) is 17.6 Å². The highest BCUT2D eigenvalue weighted by Gasteiger charge is 2.66. The number of ether oxygens (including phenoxy) is 2. The van der Waals surface area contributed by atoms with Crippen LogP contribution in [0.15, 0.2) is 24.3 Å². The SMILES string of the molecule is FC(F)(F)OC(F)(F)C(F)(F)Oc1cccc(C[Si](Cl)Cl)c1. The maximum atomic E-state index is 13.2. The van der Waals surface area contributed by atoms with Crippen molar-refractivity contribution < 1.29 is 40.2 Å². The molecule has 0 atom stereocenters. The fourth-order valence-corrected chi connectivity index (χ4v) is 2.74. The van der Waals surface area contributed by atoms with E-state index in [0.717, 1.165) is 12.1 Å². The molecule has 0 aliphatic rings. The Balaban J connectivity index is 2.92. The fourth-order valence-electron chi connectivity index (χ4n) is 1.29. The van der Waals surface area contributed by atoms with Crippen LogP contribution in [0.25, 0.3) is 0 Å². The average Bonchev–Trinajstić information content (AvgIpc) is 2.23. The summed E-state index contributed by atoms with van der Waals surface area (Å²) in [5.74, 6) is -0.787. The van der Waals surface area contributed by atoms with Crippen molar-refractivity contribution in [3.05, 3.63) is 29.8 Å². The summed E-state index contributed by atoms with van der Waals surface area (Å²) in [5, 5.41) is 0. The van der Waals surface area contributed by atoms with E-state index in [1.54, 1.807) is 0 Å². The maximum Gasteiger partial charge on any atom is 0.527 e. The van der Waals surface area contributed by atoms with Gasteiger partial charge in [0.15, 0.2) is 0 Å². The topological polar surface area (TPSA) is 18.5 Å². The molecule has 125 valence electrons. The minimum absolute atomic E-state index is 0.0893. The molecule has 1 radical (unpaired) electrons. The van der Waals surface area contributed by atoms with Crippen LogP contribution in [0.1, 0.15) is 5.56 Å². The third-order valence-corrected chi connectivity index (χ3v) is 3.54. The number of alkyl halides is 7. The van der Waals surface area contributed by atoms with E-state index in [1.807, 2.05) is 0 Å². The van der Waals surface area contributed by atoms with E-state index in [-0.39, 0.29) is 6.04 Å². The van der Waals surface area contributed by atoms with Crippen LogP contribution in [-0.4, -0.2) is 26.0 Å². The van der Waals surface area contributed by atoms with Gasteiger partial charge in [0.1, 0.15) is 5.75 Å². The minimum Gasteiger partial charge on any atom is -0.426 e. The van der Waals surface area contributed by atoms with Crippen molar-refractivity contribution in [1.29, 1.82) is 0 Å².